The molecule has 1 fully saturated rings. The first-order chi connectivity index (χ1) is 8.88. The molecule has 2 rings (SSSR count). The quantitative estimate of drug-likeness (QED) is 0.885. The number of carboxylic acids is 1. The molecule has 1 aliphatic carbocycles. The van der Waals surface area contributed by atoms with Crippen molar-refractivity contribution in [1.82, 2.24) is 9.55 Å². The Kier molecular flexibility index (Phi) is 3.93. The van der Waals surface area contributed by atoms with Crippen molar-refractivity contribution in [2.45, 2.75) is 43.2 Å². The van der Waals surface area contributed by atoms with Gasteiger partial charge in [-0.05, 0) is 12.3 Å². The predicted octanol–water partition coefficient (Wildman–Crippen LogP) is 1.49. The van der Waals surface area contributed by atoms with Gasteiger partial charge < -0.3 is 9.67 Å². The largest absolute Gasteiger partial charge is 0.480 e. The summed E-state index contributed by atoms with van der Waals surface area (Å²) < 4.78 is 24.1. The van der Waals surface area contributed by atoms with Crippen LogP contribution in [0.1, 0.15) is 38.1 Å². The maximum Gasteiger partial charge on any atom is 0.326 e. The fourth-order valence-corrected chi connectivity index (χ4v) is 3.14. The molecule has 1 aromatic heterocycles. The highest BCUT2D eigenvalue weighted by atomic mass is 32.2. The highest BCUT2D eigenvalue weighted by Gasteiger charge is 2.27. The van der Waals surface area contributed by atoms with Gasteiger partial charge in [0.2, 0.25) is 0 Å². The van der Waals surface area contributed by atoms with E-state index in [1.165, 1.54) is 17.1 Å². The summed E-state index contributed by atoms with van der Waals surface area (Å²) in [5.74, 6) is -0.533. The summed E-state index contributed by atoms with van der Waals surface area (Å²) in [4.78, 5) is 15.1. The number of aliphatic carboxylic acids is 1. The van der Waals surface area contributed by atoms with Crippen molar-refractivity contribution in [3.63, 3.8) is 0 Å². The molecule has 0 radical (unpaired) electrons. The zero-order valence-electron chi connectivity index (χ0n) is 10.8. The van der Waals surface area contributed by atoms with Gasteiger partial charge in [-0.25, -0.2) is 18.2 Å². The number of sulfone groups is 1. The first-order valence-electron chi connectivity index (χ1n) is 6.34. The SMILES string of the molecule is CS(=O)(=O)c1cn([C@@H](CC2CCCC2)C(=O)O)cn1. The molecule has 1 aliphatic rings. The van der Waals surface area contributed by atoms with Gasteiger partial charge >= 0.3 is 5.97 Å². The lowest BCUT2D eigenvalue weighted by atomic mass is 9.98. The van der Waals surface area contributed by atoms with Crippen molar-refractivity contribution < 1.29 is 18.3 Å². The van der Waals surface area contributed by atoms with Crippen molar-refractivity contribution in [2.75, 3.05) is 6.26 Å². The van der Waals surface area contributed by atoms with Gasteiger partial charge in [0.15, 0.2) is 14.9 Å². The van der Waals surface area contributed by atoms with Crippen LogP contribution in [-0.4, -0.2) is 35.3 Å². The number of hydrogen-bond donors (Lipinski definition) is 1. The van der Waals surface area contributed by atoms with Crippen molar-refractivity contribution in [1.29, 1.82) is 0 Å². The summed E-state index contributed by atoms with van der Waals surface area (Å²) in [6.45, 7) is 0. The number of imidazole rings is 1. The van der Waals surface area contributed by atoms with Gasteiger partial charge in [-0.15, -0.1) is 0 Å². The van der Waals surface area contributed by atoms with Crippen LogP contribution >= 0.6 is 0 Å². The molecule has 0 spiro atoms. The lowest BCUT2D eigenvalue weighted by Crippen LogP contribution is -2.20. The van der Waals surface area contributed by atoms with E-state index in [1.54, 1.807) is 0 Å². The summed E-state index contributed by atoms with van der Waals surface area (Å²) in [7, 11) is -3.39. The molecular weight excluding hydrogens is 268 g/mol. The first kappa shape index (κ1) is 14.0. The van der Waals surface area contributed by atoms with Crippen LogP contribution < -0.4 is 0 Å². The molecule has 1 saturated carbocycles. The summed E-state index contributed by atoms with van der Waals surface area (Å²) >= 11 is 0. The molecule has 1 heterocycles. The average Bonchev–Trinajstić information content (AvgIpc) is 2.95. The van der Waals surface area contributed by atoms with E-state index in [1.807, 2.05) is 0 Å². The fraction of sp³-hybridized carbons (Fsp3) is 0.667. The lowest BCUT2D eigenvalue weighted by molar-refractivity contribution is -0.141. The molecule has 0 aromatic carbocycles. The first-order valence-corrected chi connectivity index (χ1v) is 8.23. The Morgan fingerprint density at radius 2 is 2.16 bits per heavy atom. The Hall–Kier alpha value is -1.37. The maximum atomic E-state index is 11.4. The van der Waals surface area contributed by atoms with Gasteiger partial charge in [-0.2, -0.15) is 0 Å². The topological polar surface area (TPSA) is 89.3 Å². The standard InChI is InChI=1S/C12H18N2O4S/c1-19(17,18)11-7-14(8-13-11)10(12(15)16)6-9-4-2-3-5-9/h7-10H,2-6H2,1H3,(H,15,16)/t10-/m0/s1. The summed E-state index contributed by atoms with van der Waals surface area (Å²) in [6, 6.07) is -0.730. The molecule has 6 nitrogen and oxygen atoms in total. The molecule has 19 heavy (non-hydrogen) atoms. The van der Waals surface area contributed by atoms with Crippen LogP contribution in [0.4, 0.5) is 0 Å². The van der Waals surface area contributed by atoms with E-state index in [0.717, 1.165) is 31.9 Å². The summed E-state index contributed by atoms with van der Waals surface area (Å²) in [6.07, 6.45) is 8.61. The normalized spacial score (nSPS) is 18.6. The van der Waals surface area contributed by atoms with Crippen LogP contribution in [0.5, 0.6) is 0 Å². The van der Waals surface area contributed by atoms with Gasteiger partial charge in [0, 0.05) is 12.5 Å². The molecule has 7 heteroatoms. The second-order valence-electron chi connectivity index (χ2n) is 5.17. The van der Waals surface area contributed by atoms with E-state index in [2.05, 4.69) is 4.98 Å². The van der Waals surface area contributed by atoms with Crippen LogP contribution in [0.3, 0.4) is 0 Å². The molecule has 1 N–H and O–H groups in total. The minimum Gasteiger partial charge on any atom is -0.480 e. The van der Waals surface area contributed by atoms with Gasteiger partial charge in [-0.1, -0.05) is 25.7 Å². The minimum absolute atomic E-state index is 0.0785. The van der Waals surface area contributed by atoms with Crippen LogP contribution in [0.2, 0.25) is 0 Å². The van der Waals surface area contributed by atoms with Gasteiger partial charge in [0.1, 0.15) is 6.04 Å². The Morgan fingerprint density at radius 1 is 1.53 bits per heavy atom. The number of hydrogen-bond acceptors (Lipinski definition) is 4. The summed E-state index contributed by atoms with van der Waals surface area (Å²) in [5, 5.41) is 9.22. The van der Waals surface area contributed by atoms with E-state index in [4.69, 9.17) is 0 Å². The van der Waals surface area contributed by atoms with E-state index in [0.29, 0.717) is 12.3 Å². The second-order valence-corrected chi connectivity index (χ2v) is 7.13. The molecule has 0 bridgehead atoms. The fourth-order valence-electron chi connectivity index (χ4n) is 2.59. The van der Waals surface area contributed by atoms with Crippen molar-refractivity contribution >= 4 is 15.8 Å². The summed E-state index contributed by atoms with van der Waals surface area (Å²) in [5.41, 5.74) is 0. The van der Waals surface area contributed by atoms with Crippen molar-refractivity contribution in [3.05, 3.63) is 12.5 Å². The van der Waals surface area contributed by atoms with Crippen LogP contribution in [0, 0.1) is 5.92 Å². The van der Waals surface area contributed by atoms with Crippen molar-refractivity contribution in [2.24, 2.45) is 5.92 Å². The predicted molar refractivity (Wildman–Crippen MR) is 68.6 cm³/mol. The smallest absolute Gasteiger partial charge is 0.326 e. The van der Waals surface area contributed by atoms with E-state index in [-0.39, 0.29) is 5.03 Å². The molecule has 0 saturated heterocycles. The number of carbonyl (C=O) groups is 1. The number of carboxylic acid groups (broad SMARTS) is 1. The van der Waals surface area contributed by atoms with Crippen LogP contribution in [-0.2, 0) is 14.6 Å². The molecule has 1 atom stereocenters. The van der Waals surface area contributed by atoms with Crippen LogP contribution in [0.15, 0.2) is 17.6 Å². The molecule has 106 valence electrons. The number of nitrogens with zero attached hydrogens (tertiary/aromatic N) is 2. The highest BCUT2D eigenvalue weighted by Crippen LogP contribution is 2.32. The minimum atomic E-state index is -3.39. The molecule has 0 amide bonds. The second kappa shape index (κ2) is 5.32. The molecular formula is C12H18N2O4S. The van der Waals surface area contributed by atoms with Gasteiger partial charge in [-0.3, -0.25) is 0 Å². The average molecular weight is 286 g/mol. The lowest BCUT2D eigenvalue weighted by Gasteiger charge is -2.17. The Bertz CT molecular complexity index is 558. The number of aromatic nitrogens is 2. The zero-order valence-corrected chi connectivity index (χ0v) is 11.6. The Labute approximate surface area is 112 Å². The molecule has 0 aliphatic heterocycles. The van der Waals surface area contributed by atoms with E-state index >= 15 is 0 Å². The highest BCUT2D eigenvalue weighted by molar-refractivity contribution is 7.90. The molecule has 0 unspecified atom stereocenters. The zero-order chi connectivity index (χ0) is 14.0. The third-order valence-corrected chi connectivity index (χ3v) is 4.60. The van der Waals surface area contributed by atoms with Gasteiger partial charge in [0.25, 0.3) is 0 Å². The Morgan fingerprint density at radius 3 is 2.63 bits per heavy atom. The van der Waals surface area contributed by atoms with E-state index < -0.39 is 21.8 Å². The Balaban J connectivity index is 2.19. The third-order valence-electron chi connectivity index (χ3n) is 3.63. The van der Waals surface area contributed by atoms with Gasteiger partial charge in [0.05, 0.1) is 6.33 Å². The maximum absolute atomic E-state index is 11.4. The van der Waals surface area contributed by atoms with E-state index in [9.17, 15) is 18.3 Å². The monoisotopic (exact) mass is 286 g/mol. The van der Waals surface area contributed by atoms with Crippen LogP contribution in [0.25, 0.3) is 0 Å². The third kappa shape index (κ3) is 3.34. The number of rotatable bonds is 5. The molecule has 1 aromatic rings. The van der Waals surface area contributed by atoms with Crippen molar-refractivity contribution in [3.8, 4) is 0 Å².